The third-order valence-corrected chi connectivity index (χ3v) is 6.13. The van der Waals surface area contributed by atoms with E-state index in [-0.39, 0.29) is 24.3 Å². The van der Waals surface area contributed by atoms with E-state index in [1.54, 1.807) is 34.9 Å². The van der Waals surface area contributed by atoms with Crippen molar-refractivity contribution in [3.05, 3.63) is 35.2 Å². The molecule has 1 N–H and O–H groups in total. The van der Waals surface area contributed by atoms with E-state index < -0.39 is 6.04 Å². The second-order valence-corrected chi connectivity index (χ2v) is 8.13. The highest BCUT2D eigenvalue weighted by Crippen LogP contribution is 2.32. The topological polar surface area (TPSA) is 88.3 Å². The van der Waals surface area contributed by atoms with Gasteiger partial charge in [0.1, 0.15) is 6.04 Å². The van der Waals surface area contributed by atoms with Crippen molar-refractivity contribution >= 4 is 35.2 Å². The second kappa shape index (κ2) is 7.90. The van der Waals surface area contributed by atoms with E-state index in [1.165, 1.54) is 0 Å². The van der Waals surface area contributed by atoms with E-state index in [9.17, 15) is 9.59 Å². The fourth-order valence-corrected chi connectivity index (χ4v) is 4.47. The van der Waals surface area contributed by atoms with Crippen LogP contribution < -0.4 is 5.32 Å². The monoisotopic (exact) mass is 406 g/mol. The minimum Gasteiger partial charge on any atom is -0.345 e. The van der Waals surface area contributed by atoms with Crippen LogP contribution in [0.1, 0.15) is 25.2 Å². The molecule has 0 bridgehead atoms. The van der Waals surface area contributed by atoms with Crippen LogP contribution in [0.5, 0.6) is 0 Å². The van der Waals surface area contributed by atoms with Crippen molar-refractivity contribution in [3.8, 4) is 11.4 Å². The number of carbonyl (C=O) groups is 2. The molecule has 2 fully saturated rings. The highest BCUT2D eigenvalue weighted by molar-refractivity contribution is 7.99. The zero-order chi connectivity index (χ0) is 18.8. The maximum absolute atomic E-state index is 12.6. The number of rotatable bonds is 5. The number of aromatic nitrogens is 2. The molecule has 1 aromatic carbocycles. The van der Waals surface area contributed by atoms with Gasteiger partial charge in [0.25, 0.3) is 0 Å². The number of amides is 2. The summed E-state index contributed by atoms with van der Waals surface area (Å²) in [5.41, 5.74) is 0.744. The molecule has 2 amide bonds. The molecule has 142 valence electrons. The van der Waals surface area contributed by atoms with Crippen molar-refractivity contribution in [1.29, 1.82) is 0 Å². The van der Waals surface area contributed by atoms with Crippen molar-refractivity contribution in [3.63, 3.8) is 0 Å². The van der Waals surface area contributed by atoms with Crippen molar-refractivity contribution in [2.45, 2.75) is 31.8 Å². The van der Waals surface area contributed by atoms with Crippen LogP contribution in [0.4, 0.5) is 0 Å². The first-order chi connectivity index (χ1) is 13.1. The molecule has 4 rings (SSSR count). The lowest BCUT2D eigenvalue weighted by Crippen LogP contribution is -2.49. The summed E-state index contributed by atoms with van der Waals surface area (Å²) >= 11 is 7.58. The first kappa shape index (κ1) is 18.3. The largest absolute Gasteiger partial charge is 0.345 e. The second-order valence-electron chi connectivity index (χ2n) is 6.69. The van der Waals surface area contributed by atoms with Crippen LogP contribution in [0, 0.1) is 5.92 Å². The van der Waals surface area contributed by atoms with Gasteiger partial charge >= 0.3 is 0 Å². The van der Waals surface area contributed by atoms with E-state index in [1.807, 2.05) is 6.07 Å². The van der Waals surface area contributed by atoms with Crippen LogP contribution in [-0.4, -0.2) is 44.5 Å². The maximum Gasteiger partial charge on any atom is 0.246 e. The number of halogens is 1. The predicted molar refractivity (Wildman–Crippen MR) is 102 cm³/mol. The molecule has 0 spiro atoms. The summed E-state index contributed by atoms with van der Waals surface area (Å²) in [7, 11) is 0. The van der Waals surface area contributed by atoms with Gasteiger partial charge in [-0.3, -0.25) is 9.59 Å². The van der Waals surface area contributed by atoms with Crippen LogP contribution in [-0.2, 0) is 16.1 Å². The normalized spacial score (nSPS) is 19.7. The lowest BCUT2D eigenvalue weighted by molar-refractivity contribution is -0.143. The van der Waals surface area contributed by atoms with Gasteiger partial charge in [-0.25, -0.2) is 0 Å². The van der Waals surface area contributed by atoms with E-state index in [4.69, 9.17) is 16.1 Å². The van der Waals surface area contributed by atoms with Crippen LogP contribution >= 0.6 is 23.4 Å². The lowest BCUT2D eigenvalue weighted by atomic mass is 9.84. The number of nitrogens with one attached hydrogen (secondary N) is 1. The van der Waals surface area contributed by atoms with Crippen molar-refractivity contribution in [2.75, 3.05) is 11.6 Å². The number of hydrogen-bond donors (Lipinski definition) is 1. The average Bonchev–Trinajstić information content (AvgIpc) is 3.27. The number of benzene rings is 1. The Kier molecular flexibility index (Phi) is 5.36. The van der Waals surface area contributed by atoms with Crippen molar-refractivity contribution in [1.82, 2.24) is 20.4 Å². The van der Waals surface area contributed by atoms with Gasteiger partial charge < -0.3 is 14.7 Å². The Labute approximate surface area is 165 Å². The summed E-state index contributed by atoms with van der Waals surface area (Å²) in [6, 6.07) is 6.72. The molecule has 1 aliphatic carbocycles. The number of nitrogens with zero attached hydrogens (tertiary/aromatic N) is 3. The molecule has 2 aliphatic rings. The third-order valence-electron chi connectivity index (χ3n) is 4.89. The molecule has 9 heteroatoms. The lowest BCUT2D eigenvalue weighted by Gasteiger charge is -2.31. The van der Waals surface area contributed by atoms with Crippen LogP contribution in [0.2, 0.25) is 5.02 Å². The molecule has 1 atom stereocenters. The van der Waals surface area contributed by atoms with Gasteiger partial charge in [0.2, 0.25) is 23.5 Å². The SMILES string of the molecule is O=C(NCc1nc(-c2cccc(Cl)c2)no1)C1CSCN1C(=O)C1CCC1. The Bertz CT molecular complexity index is 855. The van der Waals surface area contributed by atoms with E-state index in [2.05, 4.69) is 15.5 Å². The summed E-state index contributed by atoms with van der Waals surface area (Å²) < 4.78 is 5.21. The van der Waals surface area contributed by atoms with E-state index >= 15 is 0 Å². The highest BCUT2D eigenvalue weighted by atomic mass is 35.5. The first-order valence-corrected chi connectivity index (χ1v) is 10.4. The van der Waals surface area contributed by atoms with Gasteiger partial charge in [-0.1, -0.05) is 35.3 Å². The molecule has 1 aromatic heterocycles. The van der Waals surface area contributed by atoms with Gasteiger partial charge in [-0.15, -0.1) is 11.8 Å². The number of carbonyl (C=O) groups excluding carboxylic acids is 2. The number of thioether (sulfide) groups is 1. The van der Waals surface area contributed by atoms with Gasteiger partial charge in [0.15, 0.2) is 0 Å². The molecule has 2 heterocycles. The van der Waals surface area contributed by atoms with Gasteiger partial charge in [-0.05, 0) is 25.0 Å². The summed E-state index contributed by atoms with van der Waals surface area (Å²) in [5.74, 6) is 1.92. The Morgan fingerprint density at radius 2 is 2.22 bits per heavy atom. The standard InChI is InChI=1S/C18H19ClN4O3S/c19-13-6-2-5-12(7-13)16-21-15(26-22-16)8-20-17(24)14-9-27-10-23(14)18(25)11-3-1-4-11/h2,5-7,11,14H,1,3-4,8-10H2,(H,20,24). The molecule has 2 aromatic rings. The minimum absolute atomic E-state index is 0.0928. The van der Waals surface area contributed by atoms with Crippen molar-refractivity contribution in [2.24, 2.45) is 5.92 Å². The summed E-state index contributed by atoms with van der Waals surface area (Å²) in [5, 5.41) is 7.32. The quantitative estimate of drug-likeness (QED) is 0.821. The number of hydrogen-bond acceptors (Lipinski definition) is 6. The van der Waals surface area contributed by atoms with Gasteiger partial charge in [0, 0.05) is 22.3 Å². The summed E-state index contributed by atoms with van der Waals surface area (Å²) in [4.78, 5) is 31.0. The average molecular weight is 407 g/mol. The molecule has 7 nitrogen and oxygen atoms in total. The fraction of sp³-hybridized carbons (Fsp3) is 0.444. The predicted octanol–water partition coefficient (Wildman–Crippen LogP) is 2.71. The zero-order valence-electron chi connectivity index (χ0n) is 14.6. The van der Waals surface area contributed by atoms with Gasteiger partial charge in [0.05, 0.1) is 12.4 Å². The molecule has 1 aliphatic heterocycles. The molecular formula is C18H19ClN4O3S. The van der Waals surface area contributed by atoms with E-state index in [0.717, 1.165) is 24.8 Å². The van der Waals surface area contributed by atoms with Gasteiger partial charge in [-0.2, -0.15) is 4.98 Å². The first-order valence-electron chi connectivity index (χ1n) is 8.86. The zero-order valence-corrected chi connectivity index (χ0v) is 16.1. The van der Waals surface area contributed by atoms with E-state index in [0.29, 0.717) is 28.4 Å². The van der Waals surface area contributed by atoms with Crippen LogP contribution in [0.25, 0.3) is 11.4 Å². The molecule has 0 radical (unpaired) electrons. The Morgan fingerprint density at radius 1 is 1.37 bits per heavy atom. The fourth-order valence-electron chi connectivity index (χ4n) is 3.12. The van der Waals surface area contributed by atoms with Crippen LogP contribution in [0.3, 0.4) is 0 Å². The Hall–Kier alpha value is -2.06. The van der Waals surface area contributed by atoms with Crippen molar-refractivity contribution < 1.29 is 14.1 Å². The maximum atomic E-state index is 12.6. The molecule has 27 heavy (non-hydrogen) atoms. The summed E-state index contributed by atoms with van der Waals surface area (Å²) in [6.45, 7) is 0.124. The minimum atomic E-state index is -0.432. The summed E-state index contributed by atoms with van der Waals surface area (Å²) in [6.07, 6.45) is 2.96. The molecular weight excluding hydrogens is 388 g/mol. The Morgan fingerprint density at radius 3 is 2.96 bits per heavy atom. The highest BCUT2D eigenvalue weighted by Gasteiger charge is 2.39. The molecule has 1 saturated carbocycles. The smallest absolute Gasteiger partial charge is 0.246 e. The Balaban J connectivity index is 1.36. The molecule has 1 saturated heterocycles. The van der Waals surface area contributed by atoms with Crippen LogP contribution in [0.15, 0.2) is 28.8 Å². The molecule has 1 unspecified atom stereocenters. The third kappa shape index (κ3) is 3.96.